The molecule has 2 aromatic rings. The molecule has 0 aliphatic carbocycles. The number of benzene rings is 2. The molecule has 0 radical (unpaired) electrons. The normalized spacial score (nSPS) is 10.6. The molecule has 0 aliphatic rings. The molecule has 0 atom stereocenters. The summed E-state index contributed by atoms with van der Waals surface area (Å²) in [6.07, 6.45) is 11.4. The lowest BCUT2D eigenvalue weighted by Gasteiger charge is -2.09. The van der Waals surface area contributed by atoms with Gasteiger partial charge in [0.15, 0.2) is 0 Å². The smallest absolute Gasteiger partial charge is 0.150 e. The average molecular weight is 369 g/mol. The van der Waals surface area contributed by atoms with Crippen molar-refractivity contribution in [3.63, 3.8) is 0 Å². The van der Waals surface area contributed by atoms with Crippen molar-refractivity contribution >= 4 is 6.29 Å². The number of aryl methyl sites for hydroxylation is 1. The van der Waals surface area contributed by atoms with Gasteiger partial charge < -0.3 is 9.47 Å². The van der Waals surface area contributed by atoms with Crippen molar-refractivity contribution < 1.29 is 14.3 Å². The first-order valence-electron chi connectivity index (χ1n) is 10.2. The van der Waals surface area contributed by atoms with E-state index in [0.29, 0.717) is 18.8 Å². The highest BCUT2D eigenvalue weighted by atomic mass is 16.5. The third-order valence-corrected chi connectivity index (χ3v) is 4.63. The van der Waals surface area contributed by atoms with E-state index in [1.165, 1.54) is 50.5 Å². The van der Waals surface area contributed by atoms with E-state index in [4.69, 9.17) is 9.47 Å². The van der Waals surface area contributed by atoms with Crippen LogP contribution in [0.15, 0.2) is 48.5 Å². The lowest BCUT2D eigenvalue weighted by atomic mass is 10.0. The van der Waals surface area contributed by atoms with Crippen molar-refractivity contribution in [1.29, 1.82) is 0 Å². The van der Waals surface area contributed by atoms with Gasteiger partial charge >= 0.3 is 0 Å². The summed E-state index contributed by atoms with van der Waals surface area (Å²) in [6, 6.07) is 15.5. The molecule has 3 nitrogen and oxygen atoms in total. The second kappa shape index (κ2) is 13.0. The third kappa shape index (κ3) is 8.76. The first-order chi connectivity index (χ1) is 13.3. The molecule has 3 heteroatoms. The van der Waals surface area contributed by atoms with Crippen LogP contribution in [0.4, 0.5) is 0 Å². The van der Waals surface area contributed by atoms with E-state index in [2.05, 4.69) is 19.1 Å². The van der Waals surface area contributed by atoms with Crippen molar-refractivity contribution in [2.75, 3.05) is 13.2 Å². The van der Waals surface area contributed by atoms with Crippen molar-refractivity contribution in [3.8, 4) is 11.5 Å². The minimum absolute atomic E-state index is 0.472. The predicted octanol–water partition coefficient (Wildman–Crippen LogP) is 6.25. The second-order valence-corrected chi connectivity index (χ2v) is 6.90. The molecule has 27 heavy (non-hydrogen) atoms. The van der Waals surface area contributed by atoms with Gasteiger partial charge in [0.05, 0.1) is 0 Å². The van der Waals surface area contributed by atoms with Crippen molar-refractivity contribution in [2.45, 2.75) is 58.3 Å². The van der Waals surface area contributed by atoms with Crippen LogP contribution in [0.5, 0.6) is 11.5 Å². The molecular weight excluding hydrogens is 336 g/mol. The number of rotatable bonds is 14. The highest BCUT2D eigenvalue weighted by Crippen LogP contribution is 2.16. The van der Waals surface area contributed by atoms with Gasteiger partial charge in [-0.2, -0.15) is 0 Å². The van der Waals surface area contributed by atoms with E-state index in [-0.39, 0.29) is 0 Å². The van der Waals surface area contributed by atoms with Crippen molar-refractivity contribution in [2.24, 2.45) is 0 Å². The van der Waals surface area contributed by atoms with Crippen LogP contribution < -0.4 is 9.47 Å². The van der Waals surface area contributed by atoms with Crippen LogP contribution in [0.25, 0.3) is 0 Å². The fraction of sp³-hybridized carbons (Fsp3) is 0.458. The van der Waals surface area contributed by atoms with Crippen LogP contribution in [0, 0.1) is 0 Å². The number of unbranched alkanes of at least 4 members (excludes halogenated alkanes) is 6. The third-order valence-electron chi connectivity index (χ3n) is 4.63. The number of carbonyl (C=O) groups is 1. The first-order valence-corrected chi connectivity index (χ1v) is 10.2. The molecule has 0 aliphatic heterocycles. The number of aldehydes is 1. The number of hydrogen-bond donors (Lipinski definition) is 0. The lowest BCUT2D eigenvalue weighted by Crippen LogP contribution is -2.09. The summed E-state index contributed by atoms with van der Waals surface area (Å²) in [4.78, 5) is 10.6. The molecule has 0 unspecified atom stereocenters. The van der Waals surface area contributed by atoms with Crippen LogP contribution in [0.3, 0.4) is 0 Å². The molecule has 0 heterocycles. The Balaban J connectivity index is 1.57. The summed E-state index contributed by atoms with van der Waals surface area (Å²) in [6.45, 7) is 3.22. The summed E-state index contributed by atoms with van der Waals surface area (Å²) in [5.74, 6) is 1.62. The van der Waals surface area contributed by atoms with E-state index in [9.17, 15) is 4.79 Å². The molecule has 0 bridgehead atoms. The first kappa shape index (κ1) is 21.0. The van der Waals surface area contributed by atoms with Gasteiger partial charge in [-0.05, 0) is 54.8 Å². The second-order valence-electron chi connectivity index (χ2n) is 6.90. The molecule has 2 rings (SSSR count). The highest BCUT2D eigenvalue weighted by Gasteiger charge is 1.99. The van der Waals surface area contributed by atoms with Crippen LogP contribution in [-0.2, 0) is 6.42 Å². The van der Waals surface area contributed by atoms with Gasteiger partial charge in [0.1, 0.15) is 31.0 Å². The van der Waals surface area contributed by atoms with Gasteiger partial charge in [0.25, 0.3) is 0 Å². The van der Waals surface area contributed by atoms with E-state index in [1.54, 1.807) is 24.3 Å². The Labute approximate surface area is 163 Å². The largest absolute Gasteiger partial charge is 0.490 e. The Morgan fingerprint density at radius 1 is 0.704 bits per heavy atom. The summed E-state index contributed by atoms with van der Waals surface area (Å²) in [5, 5.41) is 0. The van der Waals surface area contributed by atoms with Crippen molar-refractivity contribution in [1.82, 2.24) is 0 Å². The fourth-order valence-corrected chi connectivity index (χ4v) is 3.00. The standard InChI is InChI=1S/C24H32O3/c1-2-3-4-5-6-7-8-9-21-10-14-23(15-11-21)26-18-19-27-24-16-12-22(20-25)13-17-24/h10-17,20H,2-9,18-19H2,1H3. The fourth-order valence-electron chi connectivity index (χ4n) is 3.00. The van der Waals surface area contributed by atoms with E-state index in [1.807, 2.05) is 12.1 Å². The maximum Gasteiger partial charge on any atom is 0.150 e. The monoisotopic (exact) mass is 368 g/mol. The van der Waals surface area contributed by atoms with Crippen LogP contribution in [0.2, 0.25) is 0 Å². The number of ether oxygens (including phenoxy) is 2. The molecule has 0 saturated carbocycles. The van der Waals surface area contributed by atoms with Crippen LogP contribution in [-0.4, -0.2) is 19.5 Å². The Hall–Kier alpha value is -2.29. The SMILES string of the molecule is CCCCCCCCCc1ccc(OCCOc2ccc(C=O)cc2)cc1. The minimum Gasteiger partial charge on any atom is -0.490 e. The number of carbonyl (C=O) groups excluding carboxylic acids is 1. The quantitative estimate of drug-likeness (QED) is 0.292. The van der Waals surface area contributed by atoms with Crippen molar-refractivity contribution in [3.05, 3.63) is 59.7 Å². The summed E-state index contributed by atoms with van der Waals surface area (Å²) < 4.78 is 11.3. The lowest BCUT2D eigenvalue weighted by molar-refractivity contribution is 0.112. The van der Waals surface area contributed by atoms with Crippen LogP contribution >= 0.6 is 0 Å². The number of hydrogen-bond acceptors (Lipinski definition) is 3. The summed E-state index contributed by atoms with van der Waals surface area (Å²) in [7, 11) is 0. The van der Waals surface area contributed by atoms with E-state index in [0.717, 1.165) is 24.2 Å². The highest BCUT2D eigenvalue weighted by molar-refractivity contribution is 5.74. The van der Waals surface area contributed by atoms with Gasteiger partial charge in [-0.25, -0.2) is 0 Å². The maximum atomic E-state index is 10.6. The Morgan fingerprint density at radius 2 is 1.22 bits per heavy atom. The van der Waals surface area contributed by atoms with Gasteiger partial charge in [-0.15, -0.1) is 0 Å². The Kier molecular flexibility index (Phi) is 10.1. The zero-order valence-corrected chi connectivity index (χ0v) is 16.5. The van der Waals surface area contributed by atoms with Gasteiger partial charge in [0.2, 0.25) is 0 Å². The van der Waals surface area contributed by atoms with Gasteiger partial charge in [0, 0.05) is 5.56 Å². The molecule has 0 saturated heterocycles. The zero-order chi connectivity index (χ0) is 19.2. The zero-order valence-electron chi connectivity index (χ0n) is 16.5. The maximum absolute atomic E-state index is 10.6. The predicted molar refractivity (Wildman–Crippen MR) is 111 cm³/mol. The van der Waals surface area contributed by atoms with E-state index >= 15 is 0 Å². The molecule has 2 aromatic carbocycles. The summed E-state index contributed by atoms with van der Waals surface area (Å²) >= 11 is 0. The minimum atomic E-state index is 0.472. The topological polar surface area (TPSA) is 35.5 Å². The molecule has 146 valence electrons. The molecule has 0 amide bonds. The molecule has 0 aromatic heterocycles. The molecule has 0 N–H and O–H groups in total. The van der Waals surface area contributed by atoms with Crippen LogP contribution in [0.1, 0.15) is 67.8 Å². The van der Waals surface area contributed by atoms with E-state index < -0.39 is 0 Å². The average Bonchev–Trinajstić information content (AvgIpc) is 2.72. The Morgan fingerprint density at radius 3 is 1.78 bits per heavy atom. The molecule has 0 spiro atoms. The van der Waals surface area contributed by atoms with Gasteiger partial charge in [-0.1, -0.05) is 57.6 Å². The summed E-state index contributed by atoms with van der Waals surface area (Å²) in [5.41, 5.74) is 2.03. The Bertz CT molecular complexity index is 632. The molecule has 0 fully saturated rings. The molecular formula is C24H32O3. The van der Waals surface area contributed by atoms with Gasteiger partial charge in [-0.3, -0.25) is 4.79 Å².